The summed E-state index contributed by atoms with van der Waals surface area (Å²) >= 11 is 0. The molecular weight excluding hydrogens is 300 g/mol. The molecule has 1 fully saturated rings. The maximum Gasteiger partial charge on any atom is 0.243 e. The van der Waals surface area contributed by atoms with E-state index in [0.717, 1.165) is 12.8 Å². The maximum atomic E-state index is 13.0. The maximum absolute atomic E-state index is 13.0. The normalized spacial score (nSPS) is 20.0. The molecule has 0 aliphatic carbocycles. The van der Waals surface area contributed by atoms with Crippen LogP contribution in [-0.4, -0.2) is 37.8 Å². The van der Waals surface area contributed by atoms with Crippen LogP contribution in [0.4, 0.5) is 0 Å². The lowest BCUT2D eigenvalue weighted by atomic mass is 10.1. The van der Waals surface area contributed by atoms with Crippen molar-refractivity contribution in [3.05, 3.63) is 30.3 Å². The highest BCUT2D eigenvalue weighted by atomic mass is 32.2. The molecule has 1 aliphatic rings. The van der Waals surface area contributed by atoms with E-state index in [9.17, 15) is 13.2 Å². The summed E-state index contributed by atoms with van der Waals surface area (Å²) in [5, 5.41) is 2.83. The highest BCUT2D eigenvalue weighted by molar-refractivity contribution is 7.89. The van der Waals surface area contributed by atoms with Crippen LogP contribution in [0.5, 0.6) is 0 Å². The van der Waals surface area contributed by atoms with Crippen LogP contribution in [0.1, 0.15) is 33.1 Å². The van der Waals surface area contributed by atoms with E-state index in [1.165, 1.54) is 4.31 Å². The van der Waals surface area contributed by atoms with Crippen molar-refractivity contribution in [2.45, 2.75) is 44.0 Å². The van der Waals surface area contributed by atoms with Crippen molar-refractivity contribution in [2.24, 2.45) is 5.92 Å². The third kappa shape index (κ3) is 3.87. The number of benzene rings is 1. The van der Waals surface area contributed by atoms with Crippen molar-refractivity contribution in [2.75, 3.05) is 13.1 Å². The largest absolute Gasteiger partial charge is 0.355 e. The zero-order valence-corrected chi connectivity index (χ0v) is 14.0. The zero-order chi connectivity index (χ0) is 16.2. The summed E-state index contributed by atoms with van der Waals surface area (Å²) in [6, 6.07) is 7.73. The molecule has 5 nitrogen and oxygen atoms in total. The zero-order valence-electron chi connectivity index (χ0n) is 13.2. The molecule has 0 spiro atoms. The van der Waals surface area contributed by atoms with Crippen LogP contribution in [0.3, 0.4) is 0 Å². The van der Waals surface area contributed by atoms with Gasteiger partial charge in [-0.05, 0) is 37.3 Å². The molecule has 1 heterocycles. The van der Waals surface area contributed by atoms with Gasteiger partial charge in [0.2, 0.25) is 15.9 Å². The van der Waals surface area contributed by atoms with Crippen molar-refractivity contribution in [3.8, 4) is 0 Å². The number of hydrogen-bond acceptors (Lipinski definition) is 3. The monoisotopic (exact) mass is 324 g/mol. The first-order valence-electron chi connectivity index (χ1n) is 7.77. The Labute approximate surface area is 132 Å². The Bertz CT molecular complexity index is 599. The third-order valence-electron chi connectivity index (χ3n) is 3.75. The Morgan fingerprint density at radius 2 is 1.91 bits per heavy atom. The predicted molar refractivity (Wildman–Crippen MR) is 85.8 cm³/mol. The molecule has 1 N–H and O–H groups in total. The Balaban J connectivity index is 2.39. The van der Waals surface area contributed by atoms with Crippen LogP contribution in [0.2, 0.25) is 0 Å². The SMILES string of the molecule is CC(C)CN(C1CCCCNC1=O)S(=O)(=O)c1ccccc1. The number of nitrogens with one attached hydrogen (secondary N) is 1. The van der Waals surface area contributed by atoms with Gasteiger partial charge in [-0.25, -0.2) is 8.42 Å². The minimum absolute atomic E-state index is 0.148. The average molecular weight is 324 g/mol. The quantitative estimate of drug-likeness (QED) is 0.901. The molecule has 0 saturated carbocycles. The molecule has 2 rings (SSSR count). The highest BCUT2D eigenvalue weighted by Crippen LogP contribution is 2.23. The van der Waals surface area contributed by atoms with E-state index >= 15 is 0 Å². The smallest absolute Gasteiger partial charge is 0.243 e. The molecule has 1 unspecified atom stereocenters. The van der Waals surface area contributed by atoms with Gasteiger partial charge in [-0.1, -0.05) is 32.0 Å². The van der Waals surface area contributed by atoms with Crippen molar-refractivity contribution in [1.29, 1.82) is 0 Å². The van der Waals surface area contributed by atoms with Gasteiger partial charge in [0.15, 0.2) is 0 Å². The Hall–Kier alpha value is -1.40. The number of nitrogens with zero attached hydrogens (tertiary/aromatic N) is 1. The lowest BCUT2D eigenvalue weighted by Gasteiger charge is -2.30. The first-order valence-corrected chi connectivity index (χ1v) is 9.21. The molecule has 1 aromatic carbocycles. The van der Waals surface area contributed by atoms with Crippen LogP contribution in [-0.2, 0) is 14.8 Å². The second-order valence-electron chi connectivity index (χ2n) is 6.08. The van der Waals surface area contributed by atoms with Crippen LogP contribution >= 0.6 is 0 Å². The van der Waals surface area contributed by atoms with Crippen molar-refractivity contribution >= 4 is 15.9 Å². The molecular formula is C16H24N2O3S. The van der Waals surface area contributed by atoms with E-state index in [0.29, 0.717) is 19.5 Å². The van der Waals surface area contributed by atoms with Gasteiger partial charge in [0.25, 0.3) is 0 Å². The Morgan fingerprint density at radius 3 is 2.55 bits per heavy atom. The second-order valence-corrected chi connectivity index (χ2v) is 7.97. The fraction of sp³-hybridized carbons (Fsp3) is 0.562. The van der Waals surface area contributed by atoms with E-state index in [1.54, 1.807) is 30.3 Å². The van der Waals surface area contributed by atoms with E-state index in [1.807, 2.05) is 13.8 Å². The minimum Gasteiger partial charge on any atom is -0.355 e. The molecule has 122 valence electrons. The number of hydrogen-bond donors (Lipinski definition) is 1. The fourth-order valence-corrected chi connectivity index (χ4v) is 4.48. The number of amides is 1. The third-order valence-corrected chi connectivity index (χ3v) is 5.64. The van der Waals surface area contributed by atoms with E-state index in [4.69, 9.17) is 0 Å². The fourth-order valence-electron chi connectivity index (χ4n) is 2.68. The minimum atomic E-state index is -3.67. The summed E-state index contributed by atoms with van der Waals surface area (Å²) in [5.41, 5.74) is 0. The molecule has 0 aromatic heterocycles. The van der Waals surface area contributed by atoms with Crippen LogP contribution in [0.15, 0.2) is 35.2 Å². The molecule has 22 heavy (non-hydrogen) atoms. The molecule has 0 bridgehead atoms. The summed E-state index contributed by atoms with van der Waals surface area (Å²) in [4.78, 5) is 12.5. The molecule has 1 atom stereocenters. The Kier molecular flexibility index (Phi) is 5.58. The first-order chi connectivity index (χ1) is 10.4. The second kappa shape index (κ2) is 7.24. The number of rotatable bonds is 5. The van der Waals surface area contributed by atoms with Crippen molar-refractivity contribution in [1.82, 2.24) is 9.62 Å². The van der Waals surface area contributed by atoms with Crippen molar-refractivity contribution in [3.63, 3.8) is 0 Å². The average Bonchev–Trinajstić information content (AvgIpc) is 2.70. The van der Waals surface area contributed by atoms with Gasteiger partial charge >= 0.3 is 0 Å². The lowest BCUT2D eigenvalue weighted by molar-refractivity contribution is -0.124. The molecule has 0 radical (unpaired) electrons. The highest BCUT2D eigenvalue weighted by Gasteiger charge is 2.36. The lowest BCUT2D eigenvalue weighted by Crippen LogP contribution is -2.49. The summed E-state index contributed by atoms with van der Waals surface area (Å²) in [6.07, 6.45) is 2.32. The molecule has 1 aliphatic heterocycles. The summed E-state index contributed by atoms with van der Waals surface area (Å²) in [6.45, 7) is 4.88. The van der Waals surface area contributed by atoms with Gasteiger partial charge in [-0.2, -0.15) is 4.31 Å². The molecule has 1 saturated heterocycles. The molecule has 6 heteroatoms. The number of carbonyl (C=O) groups excluding carboxylic acids is 1. The summed E-state index contributed by atoms with van der Waals surface area (Å²) < 4.78 is 27.3. The van der Waals surface area contributed by atoms with E-state index in [2.05, 4.69) is 5.32 Å². The molecule has 1 aromatic rings. The van der Waals surface area contributed by atoms with Crippen molar-refractivity contribution < 1.29 is 13.2 Å². The number of carbonyl (C=O) groups is 1. The summed E-state index contributed by atoms with van der Waals surface area (Å²) in [7, 11) is -3.67. The van der Waals surface area contributed by atoms with E-state index < -0.39 is 16.1 Å². The summed E-state index contributed by atoms with van der Waals surface area (Å²) in [5.74, 6) is -0.0350. The van der Waals surface area contributed by atoms with Gasteiger partial charge in [0, 0.05) is 13.1 Å². The predicted octanol–water partition coefficient (Wildman–Crippen LogP) is 2.00. The van der Waals surface area contributed by atoms with Crippen LogP contribution in [0.25, 0.3) is 0 Å². The standard InChI is InChI=1S/C16H24N2O3S/c1-13(2)12-18(15-10-6-7-11-17-16(15)19)22(20,21)14-8-4-3-5-9-14/h3-5,8-9,13,15H,6-7,10-12H2,1-2H3,(H,17,19). The Morgan fingerprint density at radius 1 is 1.23 bits per heavy atom. The van der Waals surface area contributed by atoms with Gasteiger partial charge in [-0.3, -0.25) is 4.79 Å². The van der Waals surface area contributed by atoms with Gasteiger partial charge in [-0.15, -0.1) is 0 Å². The van der Waals surface area contributed by atoms with Crippen LogP contribution < -0.4 is 5.32 Å². The molecule has 1 amide bonds. The number of sulfonamides is 1. The van der Waals surface area contributed by atoms with Gasteiger partial charge < -0.3 is 5.32 Å². The van der Waals surface area contributed by atoms with E-state index in [-0.39, 0.29) is 16.7 Å². The van der Waals surface area contributed by atoms with Crippen LogP contribution in [0, 0.1) is 5.92 Å². The first kappa shape index (κ1) is 17.0. The van der Waals surface area contributed by atoms with Gasteiger partial charge in [0.05, 0.1) is 4.90 Å². The van der Waals surface area contributed by atoms with Gasteiger partial charge in [0.1, 0.15) is 6.04 Å². The topological polar surface area (TPSA) is 66.5 Å².